The largest absolute Gasteiger partial charge is 0.480 e. The average molecular weight is 386 g/mol. The molecule has 0 aliphatic rings. The summed E-state index contributed by atoms with van der Waals surface area (Å²) in [6.07, 6.45) is 4.82. The van der Waals surface area contributed by atoms with E-state index >= 15 is 0 Å². The van der Waals surface area contributed by atoms with Gasteiger partial charge >= 0.3 is 0 Å². The Balaban J connectivity index is 1.74. The smallest absolute Gasteiger partial charge is 0.268 e. The van der Waals surface area contributed by atoms with Crippen LogP contribution in [0.1, 0.15) is 21.6 Å². The number of nitrogens with one attached hydrogen (secondary N) is 1. The Morgan fingerprint density at radius 2 is 1.78 bits per heavy atom. The average Bonchev–Trinajstić information content (AvgIpc) is 3.14. The second-order valence-corrected chi connectivity index (χ2v) is 6.04. The van der Waals surface area contributed by atoms with E-state index in [1.807, 2.05) is 0 Å². The molecule has 0 spiro atoms. The number of ether oxygens (including phenoxy) is 2. The van der Waals surface area contributed by atoms with Crippen molar-refractivity contribution >= 4 is 34.5 Å². The zero-order chi connectivity index (χ0) is 19.2. The van der Waals surface area contributed by atoms with Crippen LogP contribution in [0, 0.1) is 5.82 Å². The fourth-order valence-electron chi connectivity index (χ4n) is 2.19. The van der Waals surface area contributed by atoms with Gasteiger partial charge in [-0.05, 0) is 23.8 Å². The van der Waals surface area contributed by atoms with Crippen LogP contribution in [-0.2, 0) is 0 Å². The second-order valence-electron chi connectivity index (χ2n) is 5.18. The summed E-state index contributed by atoms with van der Waals surface area (Å²) >= 11 is 1.26. The molecule has 0 unspecified atom stereocenters. The molecule has 0 aliphatic heterocycles. The van der Waals surface area contributed by atoms with Gasteiger partial charge in [0.25, 0.3) is 5.91 Å². The second kappa shape index (κ2) is 8.37. The topological polar surface area (TPSA) is 86.2 Å². The van der Waals surface area contributed by atoms with E-state index in [9.17, 15) is 9.18 Å². The third-order valence-electron chi connectivity index (χ3n) is 3.45. The highest BCUT2D eigenvalue weighted by atomic mass is 32.1. The summed E-state index contributed by atoms with van der Waals surface area (Å²) in [5.41, 5.74) is 1.58. The van der Waals surface area contributed by atoms with E-state index < -0.39 is 5.91 Å². The fraction of sp³-hybridized carbons (Fsp3) is 0.111. The molecule has 138 valence electrons. The molecule has 0 fully saturated rings. The van der Waals surface area contributed by atoms with E-state index in [1.54, 1.807) is 29.7 Å². The Kier molecular flexibility index (Phi) is 5.72. The van der Waals surface area contributed by atoms with Gasteiger partial charge in [0.2, 0.25) is 11.8 Å². The first kappa shape index (κ1) is 18.5. The number of carbonyl (C=O) groups is 1. The molecule has 2 aromatic heterocycles. The van der Waals surface area contributed by atoms with Gasteiger partial charge in [-0.3, -0.25) is 10.1 Å². The van der Waals surface area contributed by atoms with Crippen molar-refractivity contribution in [3.05, 3.63) is 58.6 Å². The number of halogens is 1. The number of benzene rings is 1. The fourth-order valence-corrected chi connectivity index (χ4v) is 2.87. The van der Waals surface area contributed by atoms with E-state index in [-0.39, 0.29) is 23.1 Å². The van der Waals surface area contributed by atoms with Gasteiger partial charge in [-0.25, -0.2) is 19.3 Å². The molecule has 3 rings (SSSR count). The van der Waals surface area contributed by atoms with Crippen LogP contribution in [0.5, 0.6) is 11.8 Å². The SMILES string of the molecule is COc1ncnc(OC)c1C(=O)Nc1nc(/C=C/c2ccc(F)cc2)cs1. The van der Waals surface area contributed by atoms with E-state index in [1.165, 1.54) is 44.0 Å². The molecule has 0 atom stereocenters. The van der Waals surface area contributed by atoms with Crippen LogP contribution in [-0.4, -0.2) is 35.1 Å². The van der Waals surface area contributed by atoms with Crippen molar-refractivity contribution in [2.24, 2.45) is 0 Å². The van der Waals surface area contributed by atoms with Gasteiger partial charge in [-0.15, -0.1) is 11.3 Å². The van der Waals surface area contributed by atoms with Crippen molar-refractivity contribution in [2.45, 2.75) is 0 Å². The van der Waals surface area contributed by atoms with Gasteiger partial charge < -0.3 is 9.47 Å². The van der Waals surface area contributed by atoms with Crippen molar-refractivity contribution in [1.29, 1.82) is 0 Å². The molecule has 2 heterocycles. The molecule has 1 N–H and O–H groups in total. The van der Waals surface area contributed by atoms with Crippen LogP contribution >= 0.6 is 11.3 Å². The molecule has 27 heavy (non-hydrogen) atoms. The quantitative estimate of drug-likeness (QED) is 0.698. The van der Waals surface area contributed by atoms with Gasteiger partial charge in [0, 0.05) is 5.38 Å². The standard InChI is InChI=1S/C18H15FN4O3S/c1-25-16-14(17(26-2)21-10-20-16)15(24)23-18-22-13(9-27-18)8-5-11-3-6-12(19)7-4-11/h3-10H,1-2H3,(H,22,23,24)/b8-5+. The molecule has 0 saturated heterocycles. The maximum atomic E-state index is 12.9. The van der Waals surface area contributed by atoms with E-state index in [4.69, 9.17) is 9.47 Å². The lowest BCUT2D eigenvalue weighted by molar-refractivity contribution is 0.101. The molecule has 0 radical (unpaired) electrons. The van der Waals surface area contributed by atoms with Crippen LogP contribution in [0.15, 0.2) is 36.0 Å². The zero-order valence-corrected chi connectivity index (χ0v) is 15.3. The zero-order valence-electron chi connectivity index (χ0n) is 14.5. The number of carbonyl (C=O) groups excluding carboxylic acids is 1. The normalized spacial score (nSPS) is 10.8. The summed E-state index contributed by atoms with van der Waals surface area (Å²) in [5, 5.41) is 4.86. The highest BCUT2D eigenvalue weighted by Crippen LogP contribution is 2.25. The molecule has 0 bridgehead atoms. The lowest BCUT2D eigenvalue weighted by atomic mass is 10.2. The van der Waals surface area contributed by atoms with Gasteiger partial charge in [-0.2, -0.15) is 0 Å². The molecule has 0 aliphatic carbocycles. The summed E-state index contributed by atoms with van der Waals surface area (Å²) in [5.74, 6) is -0.575. The lowest BCUT2D eigenvalue weighted by Crippen LogP contribution is -2.16. The number of hydrogen-bond acceptors (Lipinski definition) is 7. The first-order valence-corrected chi connectivity index (χ1v) is 8.62. The Morgan fingerprint density at radius 3 is 2.41 bits per heavy atom. The number of aromatic nitrogens is 3. The van der Waals surface area contributed by atoms with Crippen molar-refractivity contribution in [3.63, 3.8) is 0 Å². The summed E-state index contributed by atoms with van der Waals surface area (Å²) in [6, 6.07) is 6.09. The molecule has 1 aromatic carbocycles. The number of thiazole rings is 1. The van der Waals surface area contributed by atoms with Crippen LogP contribution in [0.2, 0.25) is 0 Å². The minimum Gasteiger partial charge on any atom is -0.480 e. The number of nitrogens with zero attached hydrogens (tertiary/aromatic N) is 3. The highest BCUT2D eigenvalue weighted by molar-refractivity contribution is 7.14. The maximum Gasteiger partial charge on any atom is 0.268 e. The van der Waals surface area contributed by atoms with E-state index in [2.05, 4.69) is 20.3 Å². The summed E-state index contributed by atoms with van der Waals surface area (Å²) < 4.78 is 23.1. The number of anilines is 1. The third-order valence-corrected chi connectivity index (χ3v) is 4.23. The Morgan fingerprint density at radius 1 is 1.11 bits per heavy atom. The van der Waals surface area contributed by atoms with Gasteiger partial charge in [0.1, 0.15) is 12.1 Å². The Bertz CT molecular complexity index is 951. The van der Waals surface area contributed by atoms with Crippen molar-refractivity contribution in [3.8, 4) is 11.8 Å². The monoisotopic (exact) mass is 386 g/mol. The molecule has 0 saturated carbocycles. The summed E-state index contributed by atoms with van der Waals surface area (Å²) in [7, 11) is 2.81. The van der Waals surface area contributed by atoms with Crippen LogP contribution in [0.3, 0.4) is 0 Å². The number of hydrogen-bond donors (Lipinski definition) is 1. The maximum absolute atomic E-state index is 12.9. The lowest BCUT2D eigenvalue weighted by Gasteiger charge is -2.09. The minimum absolute atomic E-state index is 0.0844. The molecule has 3 aromatic rings. The molecule has 9 heteroatoms. The third kappa shape index (κ3) is 4.45. The predicted molar refractivity (Wildman–Crippen MR) is 101 cm³/mol. The first-order chi connectivity index (χ1) is 13.1. The van der Waals surface area contributed by atoms with Crippen molar-refractivity contribution < 1.29 is 18.7 Å². The highest BCUT2D eigenvalue weighted by Gasteiger charge is 2.21. The van der Waals surface area contributed by atoms with Crippen molar-refractivity contribution in [1.82, 2.24) is 15.0 Å². The predicted octanol–water partition coefficient (Wildman–Crippen LogP) is 3.51. The van der Waals surface area contributed by atoms with E-state index in [0.29, 0.717) is 10.8 Å². The Labute approximate surface area is 158 Å². The molecule has 1 amide bonds. The van der Waals surface area contributed by atoms with Gasteiger partial charge in [0.15, 0.2) is 10.7 Å². The number of methoxy groups -OCH3 is 2. The molecule has 7 nitrogen and oxygen atoms in total. The van der Waals surface area contributed by atoms with Crippen molar-refractivity contribution in [2.75, 3.05) is 19.5 Å². The molecular formula is C18H15FN4O3S. The van der Waals surface area contributed by atoms with E-state index in [0.717, 1.165) is 5.56 Å². The number of amides is 1. The Hall–Kier alpha value is -3.33. The van der Waals surface area contributed by atoms with Crippen LogP contribution < -0.4 is 14.8 Å². The molecular weight excluding hydrogens is 371 g/mol. The minimum atomic E-state index is -0.493. The summed E-state index contributed by atoms with van der Waals surface area (Å²) in [4.78, 5) is 24.7. The first-order valence-electron chi connectivity index (χ1n) is 7.74. The van der Waals surface area contributed by atoms with Gasteiger partial charge in [0.05, 0.1) is 19.9 Å². The summed E-state index contributed by atoms with van der Waals surface area (Å²) in [6.45, 7) is 0. The van der Waals surface area contributed by atoms with Gasteiger partial charge in [-0.1, -0.05) is 18.2 Å². The van der Waals surface area contributed by atoms with Crippen LogP contribution in [0.25, 0.3) is 12.2 Å². The number of rotatable bonds is 6. The van der Waals surface area contributed by atoms with Crippen LogP contribution in [0.4, 0.5) is 9.52 Å².